The molecule has 2 aromatic rings. The average molecular weight is 285 g/mol. The lowest BCUT2D eigenvalue weighted by atomic mass is 10.1. The first-order valence-electron chi connectivity index (χ1n) is 6.16. The Morgan fingerprint density at radius 2 is 1.95 bits per heavy atom. The highest BCUT2D eigenvalue weighted by Crippen LogP contribution is 2.17. The second-order valence-corrected chi connectivity index (χ2v) is 4.88. The van der Waals surface area contributed by atoms with Crippen LogP contribution < -0.4 is 5.32 Å². The number of halogens is 1. The summed E-state index contributed by atoms with van der Waals surface area (Å²) < 4.78 is 0. The monoisotopic (exact) mass is 284 g/mol. The first-order valence-corrected chi connectivity index (χ1v) is 6.54. The summed E-state index contributed by atoms with van der Waals surface area (Å²) in [5, 5.41) is 12.3. The minimum absolute atomic E-state index is 0.142. The van der Waals surface area contributed by atoms with Gasteiger partial charge in [-0.05, 0) is 48.9 Å². The Labute approximate surface area is 122 Å². The van der Waals surface area contributed by atoms with Crippen LogP contribution in [0.15, 0.2) is 48.5 Å². The van der Waals surface area contributed by atoms with Gasteiger partial charge in [0, 0.05) is 10.6 Å². The molecule has 1 N–H and O–H groups in total. The normalized spacial score (nSPS) is 11.4. The fraction of sp³-hybridized carbons (Fsp3) is 0.125. The molecule has 1 atom stereocenters. The van der Waals surface area contributed by atoms with Crippen LogP contribution in [0.2, 0.25) is 5.02 Å². The zero-order valence-electron chi connectivity index (χ0n) is 10.9. The fourth-order valence-electron chi connectivity index (χ4n) is 1.84. The van der Waals surface area contributed by atoms with E-state index in [0.717, 1.165) is 5.56 Å². The van der Waals surface area contributed by atoms with Crippen LogP contribution in [0, 0.1) is 11.3 Å². The number of carbonyl (C=O) groups is 1. The molecule has 0 saturated carbocycles. The van der Waals surface area contributed by atoms with Crippen LogP contribution >= 0.6 is 11.6 Å². The number of nitrogens with zero attached hydrogens (tertiary/aromatic N) is 1. The molecule has 4 heteroatoms. The molecular weight excluding hydrogens is 272 g/mol. The third-order valence-corrected chi connectivity index (χ3v) is 3.21. The van der Waals surface area contributed by atoms with Gasteiger partial charge in [0.25, 0.3) is 5.91 Å². The molecule has 2 aromatic carbocycles. The van der Waals surface area contributed by atoms with Gasteiger partial charge in [-0.3, -0.25) is 4.79 Å². The number of nitriles is 1. The Balaban J connectivity index is 2.09. The van der Waals surface area contributed by atoms with Gasteiger partial charge in [0.15, 0.2) is 0 Å². The molecule has 1 unspecified atom stereocenters. The van der Waals surface area contributed by atoms with Crippen molar-refractivity contribution in [3.8, 4) is 6.07 Å². The van der Waals surface area contributed by atoms with Gasteiger partial charge in [0.05, 0.1) is 17.7 Å². The lowest BCUT2D eigenvalue weighted by Crippen LogP contribution is -2.26. The molecule has 100 valence electrons. The summed E-state index contributed by atoms with van der Waals surface area (Å²) in [6, 6.07) is 15.8. The van der Waals surface area contributed by atoms with E-state index < -0.39 is 0 Å². The number of hydrogen-bond acceptors (Lipinski definition) is 2. The predicted molar refractivity (Wildman–Crippen MR) is 78.5 cm³/mol. The van der Waals surface area contributed by atoms with Crippen LogP contribution in [-0.2, 0) is 0 Å². The zero-order chi connectivity index (χ0) is 14.5. The third-order valence-electron chi connectivity index (χ3n) is 2.97. The second kappa shape index (κ2) is 6.23. The van der Waals surface area contributed by atoms with E-state index in [9.17, 15) is 4.79 Å². The number of carbonyl (C=O) groups excluding carboxylic acids is 1. The van der Waals surface area contributed by atoms with Crippen molar-refractivity contribution in [2.75, 3.05) is 0 Å². The molecule has 0 spiro atoms. The number of rotatable bonds is 3. The molecule has 0 radical (unpaired) electrons. The van der Waals surface area contributed by atoms with E-state index >= 15 is 0 Å². The highest BCUT2D eigenvalue weighted by atomic mass is 35.5. The SMILES string of the molecule is CC(NC(=O)c1ccc(C#N)cc1)c1cccc(Cl)c1. The molecular formula is C16H13ClN2O. The maximum absolute atomic E-state index is 12.1. The van der Waals surface area contributed by atoms with Crippen LogP contribution in [0.4, 0.5) is 0 Å². The van der Waals surface area contributed by atoms with E-state index in [-0.39, 0.29) is 11.9 Å². The highest BCUT2D eigenvalue weighted by molar-refractivity contribution is 6.30. The zero-order valence-corrected chi connectivity index (χ0v) is 11.7. The summed E-state index contributed by atoms with van der Waals surface area (Å²) in [5.74, 6) is -0.179. The topological polar surface area (TPSA) is 52.9 Å². The molecule has 0 aliphatic carbocycles. The van der Waals surface area contributed by atoms with E-state index in [1.54, 1.807) is 30.3 Å². The molecule has 20 heavy (non-hydrogen) atoms. The molecule has 0 aliphatic rings. The summed E-state index contributed by atoms with van der Waals surface area (Å²) in [6.45, 7) is 1.90. The third kappa shape index (κ3) is 3.37. The Bertz CT molecular complexity index is 659. The largest absolute Gasteiger partial charge is 0.346 e. The summed E-state index contributed by atoms with van der Waals surface area (Å²) in [6.07, 6.45) is 0. The standard InChI is InChI=1S/C16H13ClN2O/c1-11(14-3-2-4-15(17)9-14)19-16(20)13-7-5-12(10-18)6-8-13/h2-9,11H,1H3,(H,19,20). The van der Waals surface area contributed by atoms with Gasteiger partial charge in [-0.15, -0.1) is 0 Å². The van der Waals surface area contributed by atoms with Crippen LogP contribution in [0.1, 0.15) is 34.5 Å². The molecule has 0 aromatic heterocycles. The van der Waals surface area contributed by atoms with Crippen LogP contribution in [0.5, 0.6) is 0 Å². The van der Waals surface area contributed by atoms with Crippen molar-refractivity contribution in [2.24, 2.45) is 0 Å². The molecule has 0 saturated heterocycles. The summed E-state index contributed by atoms with van der Waals surface area (Å²) in [7, 11) is 0. The number of amides is 1. The lowest BCUT2D eigenvalue weighted by Gasteiger charge is -2.14. The Morgan fingerprint density at radius 3 is 2.55 bits per heavy atom. The Morgan fingerprint density at radius 1 is 1.25 bits per heavy atom. The molecule has 0 bridgehead atoms. The van der Waals surface area contributed by atoms with E-state index in [4.69, 9.17) is 16.9 Å². The van der Waals surface area contributed by atoms with Crippen LogP contribution in [0.25, 0.3) is 0 Å². The van der Waals surface area contributed by atoms with Crippen molar-refractivity contribution in [3.05, 3.63) is 70.2 Å². The molecule has 2 rings (SSSR count). The molecule has 0 heterocycles. The van der Waals surface area contributed by atoms with E-state index in [0.29, 0.717) is 16.1 Å². The maximum atomic E-state index is 12.1. The van der Waals surface area contributed by atoms with Gasteiger partial charge in [0.2, 0.25) is 0 Å². The number of benzene rings is 2. The van der Waals surface area contributed by atoms with Crippen LogP contribution in [-0.4, -0.2) is 5.91 Å². The molecule has 0 fully saturated rings. The van der Waals surface area contributed by atoms with Gasteiger partial charge in [-0.1, -0.05) is 23.7 Å². The van der Waals surface area contributed by atoms with Crippen molar-refractivity contribution < 1.29 is 4.79 Å². The highest BCUT2D eigenvalue weighted by Gasteiger charge is 2.11. The van der Waals surface area contributed by atoms with Gasteiger partial charge in [-0.2, -0.15) is 5.26 Å². The minimum Gasteiger partial charge on any atom is -0.346 e. The summed E-state index contributed by atoms with van der Waals surface area (Å²) in [5.41, 5.74) is 2.00. The van der Waals surface area contributed by atoms with Crippen molar-refractivity contribution >= 4 is 17.5 Å². The van der Waals surface area contributed by atoms with Crippen molar-refractivity contribution in [2.45, 2.75) is 13.0 Å². The summed E-state index contributed by atoms with van der Waals surface area (Å²) >= 11 is 5.93. The van der Waals surface area contributed by atoms with E-state index in [1.165, 1.54) is 0 Å². The smallest absolute Gasteiger partial charge is 0.251 e. The second-order valence-electron chi connectivity index (χ2n) is 4.44. The van der Waals surface area contributed by atoms with Gasteiger partial charge < -0.3 is 5.32 Å². The lowest BCUT2D eigenvalue weighted by molar-refractivity contribution is 0.0940. The quantitative estimate of drug-likeness (QED) is 0.934. The van der Waals surface area contributed by atoms with Crippen molar-refractivity contribution in [1.29, 1.82) is 5.26 Å². The fourth-order valence-corrected chi connectivity index (χ4v) is 2.03. The Hall–Kier alpha value is -2.31. The summed E-state index contributed by atoms with van der Waals surface area (Å²) in [4.78, 5) is 12.1. The van der Waals surface area contributed by atoms with Crippen molar-refractivity contribution in [3.63, 3.8) is 0 Å². The average Bonchev–Trinajstić information content (AvgIpc) is 2.47. The first-order chi connectivity index (χ1) is 9.60. The molecule has 1 amide bonds. The van der Waals surface area contributed by atoms with Gasteiger partial charge in [0.1, 0.15) is 0 Å². The number of hydrogen-bond donors (Lipinski definition) is 1. The van der Waals surface area contributed by atoms with E-state index in [1.807, 2.05) is 31.2 Å². The Kier molecular flexibility index (Phi) is 4.39. The molecule has 3 nitrogen and oxygen atoms in total. The van der Waals surface area contributed by atoms with Crippen LogP contribution in [0.3, 0.4) is 0 Å². The predicted octanol–water partition coefficient (Wildman–Crippen LogP) is 3.70. The van der Waals surface area contributed by atoms with E-state index in [2.05, 4.69) is 5.32 Å². The van der Waals surface area contributed by atoms with Gasteiger partial charge >= 0.3 is 0 Å². The first kappa shape index (κ1) is 14.1. The van der Waals surface area contributed by atoms with Gasteiger partial charge in [-0.25, -0.2) is 0 Å². The van der Waals surface area contributed by atoms with Crippen molar-refractivity contribution in [1.82, 2.24) is 5.32 Å². The number of nitrogens with one attached hydrogen (secondary N) is 1. The molecule has 0 aliphatic heterocycles. The minimum atomic E-state index is -0.179. The maximum Gasteiger partial charge on any atom is 0.251 e.